The maximum atomic E-state index is 10.4. The molecule has 31 heavy (non-hydrogen) atoms. The normalized spacial score (nSPS) is 21.0. The van der Waals surface area contributed by atoms with Crippen LogP contribution in [-0.2, 0) is 4.74 Å². The number of aromatic nitrogens is 1. The van der Waals surface area contributed by atoms with Gasteiger partial charge >= 0.3 is 0 Å². The van der Waals surface area contributed by atoms with E-state index >= 15 is 0 Å². The average molecular weight is 448 g/mol. The van der Waals surface area contributed by atoms with Crippen molar-refractivity contribution < 1.29 is 14.6 Å². The van der Waals surface area contributed by atoms with E-state index in [9.17, 15) is 5.11 Å². The Labute approximate surface area is 190 Å². The number of fused-ring (bicyclic) bond motifs is 1. The molecule has 1 aromatic heterocycles. The van der Waals surface area contributed by atoms with Crippen molar-refractivity contribution in [3.05, 3.63) is 23.2 Å². The molecule has 0 spiro atoms. The molecule has 0 bridgehead atoms. The number of thiazole rings is 1. The first-order valence-corrected chi connectivity index (χ1v) is 12.7. The van der Waals surface area contributed by atoms with Crippen molar-refractivity contribution in [3.63, 3.8) is 0 Å². The monoisotopic (exact) mass is 447 g/mol. The molecule has 1 aromatic carbocycles. The molecule has 1 saturated heterocycles. The lowest BCUT2D eigenvalue weighted by molar-refractivity contribution is -0.0745. The van der Waals surface area contributed by atoms with Crippen LogP contribution in [0.5, 0.6) is 5.75 Å². The first-order valence-electron chi connectivity index (χ1n) is 11.9. The first-order chi connectivity index (χ1) is 15.1. The summed E-state index contributed by atoms with van der Waals surface area (Å²) in [5.41, 5.74) is 0.964. The molecule has 2 aromatic rings. The molecular weight excluding hydrogens is 410 g/mol. The van der Waals surface area contributed by atoms with Crippen molar-refractivity contribution in [1.82, 2.24) is 14.8 Å². The molecule has 2 aliphatic rings. The van der Waals surface area contributed by atoms with Gasteiger partial charge in [-0.05, 0) is 58.2 Å². The molecule has 2 atom stereocenters. The zero-order valence-electron chi connectivity index (χ0n) is 19.0. The van der Waals surface area contributed by atoms with Crippen LogP contribution in [0.3, 0.4) is 0 Å². The Balaban J connectivity index is 1.20. The number of piperazine rings is 1. The van der Waals surface area contributed by atoms with Crippen molar-refractivity contribution in [2.45, 2.75) is 70.8 Å². The Hall–Kier alpha value is -1.25. The van der Waals surface area contributed by atoms with E-state index in [0.29, 0.717) is 6.10 Å². The van der Waals surface area contributed by atoms with Crippen LogP contribution in [0.1, 0.15) is 50.5 Å². The Kier molecular flexibility index (Phi) is 8.18. The molecule has 0 amide bonds. The van der Waals surface area contributed by atoms with E-state index in [-0.39, 0.29) is 6.23 Å². The largest absolute Gasteiger partial charge is 0.472 e. The van der Waals surface area contributed by atoms with E-state index in [0.717, 1.165) is 62.0 Å². The topological polar surface area (TPSA) is 58.1 Å². The van der Waals surface area contributed by atoms with Gasteiger partial charge in [0.15, 0.2) is 6.23 Å². The van der Waals surface area contributed by atoms with Gasteiger partial charge in [0.05, 0.1) is 21.3 Å². The van der Waals surface area contributed by atoms with Gasteiger partial charge in [-0.15, -0.1) is 11.3 Å². The summed E-state index contributed by atoms with van der Waals surface area (Å²) in [6, 6.07) is 6.03. The summed E-state index contributed by atoms with van der Waals surface area (Å²) in [7, 11) is 0. The van der Waals surface area contributed by atoms with Gasteiger partial charge < -0.3 is 19.5 Å². The molecule has 1 saturated carbocycles. The summed E-state index contributed by atoms with van der Waals surface area (Å²) < 4.78 is 13.4. The lowest BCUT2D eigenvalue weighted by Crippen LogP contribution is -2.55. The number of aryl methyl sites for hydroxylation is 1. The summed E-state index contributed by atoms with van der Waals surface area (Å²) >= 11 is 1.69. The summed E-state index contributed by atoms with van der Waals surface area (Å²) in [6.45, 7) is 9.71. The number of aliphatic hydroxyl groups is 1. The van der Waals surface area contributed by atoms with E-state index in [2.05, 4.69) is 20.9 Å². The Morgan fingerprint density at radius 1 is 1.16 bits per heavy atom. The predicted octanol–water partition coefficient (Wildman–Crippen LogP) is 4.05. The fourth-order valence-corrected chi connectivity index (χ4v) is 5.50. The predicted molar refractivity (Wildman–Crippen MR) is 126 cm³/mol. The minimum Gasteiger partial charge on any atom is -0.472 e. The fraction of sp³-hybridized carbons (Fsp3) is 0.708. The summed E-state index contributed by atoms with van der Waals surface area (Å²) in [5, 5.41) is 11.4. The quantitative estimate of drug-likeness (QED) is 0.555. The maximum absolute atomic E-state index is 10.4. The lowest BCUT2D eigenvalue weighted by Gasteiger charge is -2.40. The van der Waals surface area contributed by atoms with Crippen molar-refractivity contribution in [2.75, 3.05) is 39.3 Å². The molecule has 1 aliphatic carbocycles. The highest BCUT2D eigenvalue weighted by atomic mass is 32.1. The van der Waals surface area contributed by atoms with Crippen LogP contribution in [0.4, 0.5) is 0 Å². The lowest BCUT2D eigenvalue weighted by atomic mass is 10.2. The SMILES string of the molecule is Cc1nc2cc(OC([C@@H](C)O)N3CCN(CCCCOC4CCCC4)CC3)ccc2s1. The molecule has 172 valence electrons. The molecule has 1 unspecified atom stereocenters. The van der Waals surface area contributed by atoms with Crippen molar-refractivity contribution in [3.8, 4) is 5.75 Å². The molecule has 0 radical (unpaired) electrons. The highest BCUT2D eigenvalue weighted by Gasteiger charge is 2.28. The third-order valence-electron chi connectivity index (χ3n) is 6.43. The van der Waals surface area contributed by atoms with Crippen LogP contribution in [0.15, 0.2) is 18.2 Å². The molecule has 6 nitrogen and oxygen atoms in total. The van der Waals surface area contributed by atoms with Crippen LogP contribution in [0.2, 0.25) is 0 Å². The Morgan fingerprint density at radius 3 is 2.68 bits per heavy atom. The third kappa shape index (κ3) is 6.39. The van der Waals surface area contributed by atoms with Gasteiger partial charge in [0.2, 0.25) is 0 Å². The number of benzene rings is 1. The van der Waals surface area contributed by atoms with Crippen LogP contribution < -0.4 is 4.74 Å². The van der Waals surface area contributed by atoms with Crippen molar-refractivity contribution in [2.24, 2.45) is 0 Å². The second-order valence-corrected chi connectivity index (χ2v) is 10.2. The van der Waals surface area contributed by atoms with Gasteiger partial charge in [-0.1, -0.05) is 12.8 Å². The number of nitrogens with zero attached hydrogens (tertiary/aromatic N) is 3. The highest BCUT2D eigenvalue weighted by Crippen LogP contribution is 2.27. The van der Waals surface area contributed by atoms with Gasteiger partial charge in [-0.25, -0.2) is 4.98 Å². The van der Waals surface area contributed by atoms with Crippen molar-refractivity contribution in [1.29, 1.82) is 0 Å². The number of hydrogen-bond acceptors (Lipinski definition) is 7. The summed E-state index contributed by atoms with van der Waals surface area (Å²) in [4.78, 5) is 9.35. The van der Waals surface area contributed by atoms with E-state index in [1.807, 2.05) is 26.0 Å². The van der Waals surface area contributed by atoms with E-state index in [1.54, 1.807) is 11.3 Å². The minimum absolute atomic E-state index is 0.334. The van der Waals surface area contributed by atoms with Gasteiger partial charge in [-0.3, -0.25) is 4.90 Å². The van der Waals surface area contributed by atoms with Crippen LogP contribution in [0, 0.1) is 6.92 Å². The zero-order valence-corrected chi connectivity index (χ0v) is 19.8. The number of unbranched alkanes of at least 4 members (excludes halogenated alkanes) is 1. The highest BCUT2D eigenvalue weighted by molar-refractivity contribution is 7.18. The first kappa shape index (κ1) is 22.9. The second-order valence-electron chi connectivity index (χ2n) is 8.97. The van der Waals surface area contributed by atoms with E-state index in [4.69, 9.17) is 9.47 Å². The van der Waals surface area contributed by atoms with Crippen LogP contribution in [0.25, 0.3) is 10.2 Å². The van der Waals surface area contributed by atoms with Gasteiger partial charge in [0.1, 0.15) is 11.9 Å². The Morgan fingerprint density at radius 2 is 1.94 bits per heavy atom. The van der Waals surface area contributed by atoms with Gasteiger partial charge in [-0.2, -0.15) is 0 Å². The molecule has 1 N–H and O–H groups in total. The standard InChI is InChI=1S/C24H37N3O3S/c1-18(28)24(30-21-9-10-23-22(17-21)25-19(2)31-23)27-14-12-26(13-15-27)11-5-6-16-29-20-7-3-4-8-20/h9-10,17-18,20,24,28H,3-8,11-16H2,1-2H3/t18-,24?/m1/s1. The maximum Gasteiger partial charge on any atom is 0.178 e. The third-order valence-corrected chi connectivity index (χ3v) is 7.38. The Bertz CT molecular complexity index is 814. The number of ether oxygens (including phenoxy) is 2. The van der Waals surface area contributed by atoms with Crippen molar-refractivity contribution >= 4 is 21.6 Å². The second kappa shape index (κ2) is 11.1. The van der Waals surface area contributed by atoms with Gasteiger partial charge in [0, 0.05) is 38.9 Å². The summed E-state index contributed by atoms with van der Waals surface area (Å²) in [5.74, 6) is 0.772. The van der Waals surface area contributed by atoms with E-state index < -0.39 is 6.10 Å². The molecule has 4 rings (SSSR count). The number of aliphatic hydroxyl groups excluding tert-OH is 1. The van der Waals surface area contributed by atoms with Crippen LogP contribution >= 0.6 is 11.3 Å². The van der Waals surface area contributed by atoms with Crippen LogP contribution in [-0.4, -0.2) is 77.7 Å². The number of rotatable bonds is 10. The zero-order chi connectivity index (χ0) is 21.6. The molecule has 2 fully saturated rings. The fourth-order valence-electron chi connectivity index (χ4n) is 4.70. The molecule has 1 aliphatic heterocycles. The average Bonchev–Trinajstić information content (AvgIpc) is 3.40. The summed E-state index contributed by atoms with van der Waals surface area (Å²) in [6.07, 6.45) is 7.16. The minimum atomic E-state index is -0.563. The smallest absolute Gasteiger partial charge is 0.178 e. The van der Waals surface area contributed by atoms with E-state index in [1.165, 1.54) is 36.8 Å². The molecule has 7 heteroatoms. The number of hydrogen-bond donors (Lipinski definition) is 1. The molecular formula is C24H37N3O3S. The molecule has 2 heterocycles. The van der Waals surface area contributed by atoms with Gasteiger partial charge in [0.25, 0.3) is 0 Å².